The van der Waals surface area contributed by atoms with Gasteiger partial charge in [0.05, 0.1) is 0 Å². The number of hydrogen-bond donors (Lipinski definition) is 3. The lowest BCUT2D eigenvalue weighted by Crippen LogP contribution is -2.41. The van der Waals surface area contributed by atoms with Gasteiger partial charge in [-0.05, 0) is 49.7 Å². The summed E-state index contributed by atoms with van der Waals surface area (Å²) < 4.78 is 0. The Kier molecular flexibility index (Phi) is 5.04. The molecule has 1 fully saturated rings. The number of carbonyl (C=O) groups is 2. The van der Waals surface area contributed by atoms with Crippen molar-refractivity contribution in [3.05, 3.63) is 23.8 Å². The molecule has 0 bridgehead atoms. The number of carbonyl (C=O) groups excluding carboxylic acids is 2. The summed E-state index contributed by atoms with van der Waals surface area (Å²) in [6.45, 7) is 7.37. The molecule has 0 spiro atoms. The molecule has 2 rings (SSSR count). The molecule has 0 aliphatic heterocycles. The normalized spacial score (nSPS) is 14.1. The Morgan fingerprint density at radius 2 is 1.70 bits per heavy atom. The largest absolute Gasteiger partial charge is 0.332 e. The van der Waals surface area contributed by atoms with Gasteiger partial charge in [-0.1, -0.05) is 26.8 Å². The highest BCUT2D eigenvalue weighted by molar-refractivity contribution is 7.80. The Balaban J connectivity index is 2.03. The van der Waals surface area contributed by atoms with Crippen LogP contribution < -0.4 is 16.0 Å². The highest BCUT2D eigenvalue weighted by Crippen LogP contribution is 2.31. The van der Waals surface area contributed by atoms with Crippen LogP contribution in [0.15, 0.2) is 18.2 Å². The van der Waals surface area contributed by atoms with E-state index in [1.807, 2.05) is 45.9 Å². The third kappa shape index (κ3) is 4.76. The molecular weight excluding hydrogens is 310 g/mol. The summed E-state index contributed by atoms with van der Waals surface area (Å²) in [5.74, 6) is 0.0675. The summed E-state index contributed by atoms with van der Waals surface area (Å²) in [7, 11) is 0. The van der Waals surface area contributed by atoms with Crippen molar-refractivity contribution in [3.63, 3.8) is 0 Å². The molecule has 0 heterocycles. The van der Waals surface area contributed by atoms with Crippen LogP contribution in [-0.4, -0.2) is 16.9 Å². The molecule has 1 aromatic rings. The average Bonchev–Trinajstić information content (AvgIpc) is 3.26. The molecular formula is C17H23N3O2S. The molecule has 0 atom stereocenters. The van der Waals surface area contributed by atoms with Crippen LogP contribution in [0.1, 0.15) is 39.2 Å². The number of thiocarbonyl (C=S) groups is 1. The van der Waals surface area contributed by atoms with Gasteiger partial charge in [-0.2, -0.15) is 0 Å². The maximum Gasteiger partial charge on any atom is 0.231 e. The molecule has 1 aliphatic rings. The second-order valence-corrected chi connectivity index (χ2v) is 7.31. The number of anilines is 2. The molecule has 6 heteroatoms. The van der Waals surface area contributed by atoms with Crippen LogP contribution in [-0.2, 0) is 9.59 Å². The van der Waals surface area contributed by atoms with Crippen molar-refractivity contribution in [1.29, 1.82) is 0 Å². The van der Waals surface area contributed by atoms with Gasteiger partial charge in [0.25, 0.3) is 0 Å². The fourth-order valence-electron chi connectivity index (χ4n) is 1.93. The molecule has 1 aromatic carbocycles. The van der Waals surface area contributed by atoms with E-state index >= 15 is 0 Å². The number of hydrogen-bond acceptors (Lipinski definition) is 3. The van der Waals surface area contributed by atoms with Gasteiger partial charge < -0.3 is 16.0 Å². The zero-order valence-corrected chi connectivity index (χ0v) is 14.8. The molecule has 23 heavy (non-hydrogen) atoms. The van der Waals surface area contributed by atoms with Gasteiger partial charge >= 0.3 is 0 Å². The van der Waals surface area contributed by atoms with Crippen molar-refractivity contribution in [2.24, 2.45) is 11.3 Å². The van der Waals surface area contributed by atoms with Gasteiger partial charge in [0.1, 0.15) is 0 Å². The third-order valence-electron chi connectivity index (χ3n) is 3.70. The topological polar surface area (TPSA) is 70.2 Å². The molecule has 0 aromatic heterocycles. The van der Waals surface area contributed by atoms with Crippen LogP contribution >= 0.6 is 12.2 Å². The van der Waals surface area contributed by atoms with E-state index < -0.39 is 5.41 Å². The van der Waals surface area contributed by atoms with E-state index in [1.165, 1.54) is 0 Å². The summed E-state index contributed by atoms with van der Waals surface area (Å²) in [5, 5.41) is 8.89. The summed E-state index contributed by atoms with van der Waals surface area (Å²) in [6.07, 6.45) is 1.93. The monoisotopic (exact) mass is 333 g/mol. The predicted octanol–water partition coefficient (Wildman–Crippen LogP) is 3.20. The molecule has 124 valence electrons. The number of benzene rings is 1. The first kappa shape index (κ1) is 17.4. The fraction of sp³-hybridized carbons (Fsp3) is 0.471. The van der Waals surface area contributed by atoms with Crippen LogP contribution in [0.4, 0.5) is 11.4 Å². The van der Waals surface area contributed by atoms with Crippen LogP contribution in [0.2, 0.25) is 0 Å². The second kappa shape index (κ2) is 6.66. The minimum Gasteiger partial charge on any atom is -0.332 e. The maximum absolute atomic E-state index is 11.9. The maximum atomic E-state index is 11.9. The first-order chi connectivity index (χ1) is 10.7. The van der Waals surface area contributed by atoms with Gasteiger partial charge in [-0.15, -0.1) is 0 Å². The lowest BCUT2D eigenvalue weighted by molar-refractivity contribution is -0.126. The van der Waals surface area contributed by atoms with Gasteiger partial charge in [0.15, 0.2) is 5.11 Å². The quantitative estimate of drug-likeness (QED) is 0.743. The Morgan fingerprint density at radius 1 is 1.13 bits per heavy atom. The van der Waals surface area contributed by atoms with E-state index in [2.05, 4.69) is 16.0 Å². The lowest BCUT2D eigenvalue weighted by atomic mass is 9.96. The second-order valence-electron chi connectivity index (χ2n) is 6.90. The van der Waals surface area contributed by atoms with Gasteiger partial charge in [-0.25, -0.2) is 0 Å². The van der Waals surface area contributed by atoms with Crippen molar-refractivity contribution < 1.29 is 9.59 Å². The number of rotatable bonds is 3. The summed E-state index contributed by atoms with van der Waals surface area (Å²) >= 11 is 5.19. The van der Waals surface area contributed by atoms with E-state index in [1.54, 1.807) is 0 Å². The van der Waals surface area contributed by atoms with Gasteiger partial charge in [0, 0.05) is 22.7 Å². The van der Waals surface area contributed by atoms with Crippen molar-refractivity contribution in [1.82, 2.24) is 5.32 Å². The highest BCUT2D eigenvalue weighted by Gasteiger charge is 2.30. The number of amides is 2. The lowest BCUT2D eigenvalue weighted by Gasteiger charge is -2.19. The minimum absolute atomic E-state index is 0.0638. The molecule has 1 saturated carbocycles. The number of nitrogens with one attached hydrogen (secondary N) is 3. The van der Waals surface area contributed by atoms with E-state index in [-0.39, 0.29) is 22.8 Å². The SMILES string of the molecule is Cc1c(NC(=O)C2CC2)cccc1NC(=S)NC(=O)C(C)(C)C. The smallest absolute Gasteiger partial charge is 0.231 e. The molecule has 0 unspecified atom stereocenters. The third-order valence-corrected chi connectivity index (χ3v) is 3.90. The molecule has 3 N–H and O–H groups in total. The first-order valence-electron chi connectivity index (χ1n) is 7.71. The highest BCUT2D eigenvalue weighted by atomic mass is 32.1. The van der Waals surface area contributed by atoms with Crippen molar-refractivity contribution >= 4 is 40.5 Å². The average molecular weight is 333 g/mol. The van der Waals surface area contributed by atoms with E-state index in [9.17, 15) is 9.59 Å². The Morgan fingerprint density at radius 3 is 2.22 bits per heavy atom. The zero-order valence-electron chi connectivity index (χ0n) is 13.9. The van der Waals surface area contributed by atoms with Crippen LogP contribution in [0.3, 0.4) is 0 Å². The van der Waals surface area contributed by atoms with E-state index in [4.69, 9.17) is 12.2 Å². The predicted molar refractivity (Wildman–Crippen MR) is 96.4 cm³/mol. The molecule has 0 saturated heterocycles. The standard InChI is InChI=1S/C17H23N3O2S/c1-10-12(18-14(21)11-8-9-11)6-5-7-13(10)19-16(23)20-15(22)17(2,3)4/h5-7,11H,8-9H2,1-4H3,(H,18,21)(H2,19,20,22,23). The fourth-order valence-corrected chi connectivity index (χ4v) is 2.13. The van der Waals surface area contributed by atoms with E-state index in [0.29, 0.717) is 0 Å². The summed E-state index contributed by atoms with van der Waals surface area (Å²) in [6, 6.07) is 5.56. The molecule has 2 amide bonds. The Bertz CT molecular complexity index is 646. The van der Waals surface area contributed by atoms with Crippen molar-refractivity contribution in [3.8, 4) is 0 Å². The summed E-state index contributed by atoms with van der Waals surface area (Å²) in [4.78, 5) is 23.9. The molecule has 0 radical (unpaired) electrons. The van der Waals surface area contributed by atoms with Gasteiger partial charge in [0.2, 0.25) is 11.8 Å². The molecule has 1 aliphatic carbocycles. The van der Waals surface area contributed by atoms with Gasteiger partial charge in [-0.3, -0.25) is 9.59 Å². The Labute approximate surface area is 142 Å². The van der Waals surface area contributed by atoms with Crippen LogP contribution in [0, 0.1) is 18.3 Å². The Hall–Kier alpha value is -1.95. The van der Waals surface area contributed by atoms with Crippen molar-refractivity contribution in [2.45, 2.75) is 40.5 Å². The zero-order chi connectivity index (χ0) is 17.2. The molecule has 5 nitrogen and oxygen atoms in total. The first-order valence-corrected chi connectivity index (χ1v) is 8.12. The van der Waals surface area contributed by atoms with E-state index in [0.717, 1.165) is 29.8 Å². The minimum atomic E-state index is -0.513. The van der Waals surface area contributed by atoms with Crippen LogP contribution in [0.25, 0.3) is 0 Å². The van der Waals surface area contributed by atoms with Crippen LogP contribution in [0.5, 0.6) is 0 Å². The summed E-state index contributed by atoms with van der Waals surface area (Å²) in [5.41, 5.74) is 1.89. The van der Waals surface area contributed by atoms with Crippen molar-refractivity contribution in [2.75, 3.05) is 10.6 Å².